The van der Waals surface area contributed by atoms with Gasteiger partial charge in [0.25, 0.3) is 5.91 Å². The molecule has 1 aliphatic heterocycles. The number of carbonyl (C=O) groups excluding carboxylic acids is 3. The number of amides is 3. The Morgan fingerprint density at radius 1 is 1.17 bits per heavy atom. The molecule has 1 aliphatic carbocycles. The van der Waals surface area contributed by atoms with Crippen LogP contribution >= 0.6 is 0 Å². The number of anilines is 2. The lowest BCUT2D eigenvalue weighted by molar-refractivity contribution is -0.132. The van der Waals surface area contributed by atoms with Crippen molar-refractivity contribution in [2.45, 2.75) is 37.6 Å². The summed E-state index contributed by atoms with van der Waals surface area (Å²) in [7, 11) is 1.86. The van der Waals surface area contributed by atoms with Crippen molar-refractivity contribution in [2.24, 2.45) is 0 Å². The molecule has 0 aromatic carbocycles. The number of hydrogen-bond donors (Lipinski definition) is 1. The molecule has 29 heavy (non-hydrogen) atoms. The maximum Gasteiger partial charge on any atom is 0.325 e. The Morgan fingerprint density at radius 3 is 2.62 bits per heavy atom. The van der Waals surface area contributed by atoms with E-state index in [4.69, 9.17) is 0 Å². The van der Waals surface area contributed by atoms with Crippen LogP contribution in [0.25, 0.3) is 0 Å². The number of carbonyl (C=O) groups is 3. The minimum atomic E-state index is -0.815. The summed E-state index contributed by atoms with van der Waals surface area (Å²) in [6.45, 7) is -0.272. The third kappa shape index (κ3) is 3.57. The number of imide groups is 1. The zero-order valence-electron chi connectivity index (χ0n) is 16.3. The first-order valence-corrected chi connectivity index (χ1v) is 9.77. The second-order valence-electron chi connectivity index (χ2n) is 7.56. The topological polar surface area (TPSA) is 95.5 Å². The summed E-state index contributed by atoms with van der Waals surface area (Å²) >= 11 is 0. The van der Waals surface area contributed by atoms with Crippen LogP contribution in [0.4, 0.5) is 16.3 Å². The van der Waals surface area contributed by atoms with Gasteiger partial charge in [0.15, 0.2) is 5.78 Å². The highest BCUT2D eigenvalue weighted by molar-refractivity contribution is 6.11. The van der Waals surface area contributed by atoms with Gasteiger partial charge in [0, 0.05) is 25.0 Å². The molecule has 2 aliphatic rings. The molecule has 150 valence electrons. The lowest BCUT2D eigenvalue weighted by Gasteiger charge is -2.30. The smallest absolute Gasteiger partial charge is 0.325 e. The van der Waals surface area contributed by atoms with Crippen LogP contribution in [0.2, 0.25) is 0 Å². The number of rotatable bonds is 5. The Kier molecular flexibility index (Phi) is 5.00. The minimum Gasteiger partial charge on any atom is -0.328 e. The van der Waals surface area contributed by atoms with Crippen LogP contribution in [0.1, 0.15) is 42.5 Å². The van der Waals surface area contributed by atoms with E-state index >= 15 is 0 Å². The maximum absolute atomic E-state index is 12.8. The predicted molar refractivity (Wildman–Crippen MR) is 107 cm³/mol. The summed E-state index contributed by atoms with van der Waals surface area (Å²) < 4.78 is 0. The lowest BCUT2D eigenvalue weighted by atomic mass is 9.82. The molecule has 0 bridgehead atoms. The second-order valence-corrected chi connectivity index (χ2v) is 7.56. The molecule has 0 radical (unpaired) electrons. The minimum absolute atomic E-state index is 0.272. The summed E-state index contributed by atoms with van der Waals surface area (Å²) in [5.74, 6) is 0.0616. The van der Waals surface area contributed by atoms with E-state index in [1.54, 1.807) is 24.5 Å². The fourth-order valence-electron chi connectivity index (χ4n) is 3.98. The molecule has 2 aromatic rings. The first-order chi connectivity index (χ1) is 14.0. The number of pyridine rings is 2. The molecular formula is C21H23N5O3. The standard InChI is InChI=1S/C21H23N5O3/c1-25(16-6-5-11-22-13-16)18-8-7-15(12-23-18)17(27)14-26-19(28)21(24-20(26)29)9-3-2-4-10-21/h5-8,11-13H,2-4,9-10,14H2,1H3,(H,24,29). The van der Waals surface area contributed by atoms with Crippen molar-refractivity contribution in [1.82, 2.24) is 20.2 Å². The normalized spacial score (nSPS) is 18.0. The summed E-state index contributed by atoms with van der Waals surface area (Å²) in [4.78, 5) is 49.2. The molecule has 1 N–H and O–H groups in total. The van der Waals surface area contributed by atoms with Crippen LogP contribution in [-0.4, -0.2) is 51.7 Å². The molecule has 8 nitrogen and oxygen atoms in total. The Balaban J connectivity index is 1.45. The molecule has 1 saturated heterocycles. The number of nitrogens with one attached hydrogen (secondary N) is 1. The van der Waals surface area contributed by atoms with Gasteiger partial charge in [0.2, 0.25) is 0 Å². The average molecular weight is 393 g/mol. The van der Waals surface area contributed by atoms with Gasteiger partial charge in [0.1, 0.15) is 11.4 Å². The molecule has 2 aromatic heterocycles. The van der Waals surface area contributed by atoms with Crippen molar-refractivity contribution in [3.05, 3.63) is 48.4 Å². The molecule has 0 unspecified atom stereocenters. The van der Waals surface area contributed by atoms with Crippen molar-refractivity contribution < 1.29 is 14.4 Å². The Bertz CT molecular complexity index is 923. The van der Waals surface area contributed by atoms with Crippen molar-refractivity contribution in [1.29, 1.82) is 0 Å². The van der Waals surface area contributed by atoms with E-state index in [9.17, 15) is 14.4 Å². The van der Waals surface area contributed by atoms with Gasteiger partial charge in [-0.2, -0.15) is 0 Å². The Morgan fingerprint density at radius 2 is 1.97 bits per heavy atom. The van der Waals surface area contributed by atoms with Gasteiger partial charge in [0.05, 0.1) is 18.4 Å². The summed E-state index contributed by atoms with van der Waals surface area (Å²) in [6, 6.07) is 6.65. The Labute approximate surface area is 168 Å². The van der Waals surface area contributed by atoms with E-state index in [0.717, 1.165) is 29.8 Å². The van der Waals surface area contributed by atoms with Crippen molar-refractivity contribution in [3.63, 3.8) is 0 Å². The third-order valence-electron chi connectivity index (χ3n) is 5.70. The molecule has 3 amide bonds. The largest absolute Gasteiger partial charge is 0.328 e. The van der Waals surface area contributed by atoms with Crippen molar-refractivity contribution >= 4 is 29.2 Å². The second kappa shape index (κ2) is 7.62. The van der Waals surface area contributed by atoms with E-state index in [-0.39, 0.29) is 18.2 Å². The van der Waals surface area contributed by atoms with Crippen LogP contribution < -0.4 is 10.2 Å². The molecule has 8 heteroatoms. The number of Topliss-reactive ketones (excluding diaryl/α,β-unsaturated/α-hetero) is 1. The first kappa shape index (κ1) is 19.0. The van der Waals surface area contributed by atoms with Crippen LogP contribution in [0, 0.1) is 0 Å². The summed E-state index contributed by atoms with van der Waals surface area (Å²) in [6.07, 6.45) is 9.04. The van der Waals surface area contributed by atoms with E-state index < -0.39 is 11.6 Å². The monoisotopic (exact) mass is 393 g/mol. The highest BCUT2D eigenvalue weighted by Gasteiger charge is 2.51. The van der Waals surface area contributed by atoms with Gasteiger partial charge in [-0.3, -0.25) is 19.5 Å². The van der Waals surface area contributed by atoms with Crippen molar-refractivity contribution in [2.75, 3.05) is 18.5 Å². The lowest BCUT2D eigenvalue weighted by Crippen LogP contribution is -2.48. The number of urea groups is 1. The SMILES string of the molecule is CN(c1cccnc1)c1ccc(C(=O)CN2C(=O)NC3(CCCCC3)C2=O)cn1. The average Bonchev–Trinajstić information content (AvgIpc) is 2.98. The van der Waals surface area contributed by atoms with Crippen LogP contribution in [0.15, 0.2) is 42.9 Å². The van der Waals surface area contributed by atoms with E-state index in [1.807, 2.05) is 24.1 Å². The summed E-state index contributed by atoms with van der Waals surface area (Å²) in [5, 5.41) is 2.83. The molecule has 4 rings (SSSR count). The number of ketones is 1. The number of aromatic nitrogens is 2. The predicted octanol–water partition coefficient (Wildman–Crippen LogP) is 2.68. The van der Waals surface area contributed by atoms with Gasteiger partial charge >= 0.3 is 6.03 Å². The molecule has 3 heterocycles. The fourth-order valence-corrected chi connectivity index (χ4v) is 3.98. The van der Waals surface area contributed by atoms with Crippen LogP contribution in [-0.2, 0) is 4.79 Å². The highest BCUT2D eigenvalue weighted by Crippen LogP contribution is 2.33. The van der Waals surface area contributed by atoms with E-state index in [2.05, 4.69) is 15.3 Å². The van der Waals surface area contributed by atoms with Gasteiger partial charge < -0.3 is 10.2 Å². The van der Waals surface area contributed by atoms with Gasteiger partial charge in [-0.25, -0.2) is 9.78 Å². The third-order valence-corrected chi connectivity index (χ3v) is 5.70. The zero-order valence-corrected chi connectivity index (χ0v) is 16.3. The van der Waals surface area contributed by atoms with Gasteiger partial charge in [-0.15, -0.1) is 0 Å². The van der Waals surface area contributed by atoms with Crippen LogP contribution in [0.5, 0.6) is 0 Å². The number of hydrogen-bond acceptors (Lipinski definition) is 6. The number of nitrogens with zero attached hydrogens (tertiary/aromatic N) is 4. The Hall–Kier alpha value is -3.29. The first-order valence-electron chi connectivity index (χ1n) is 9.77. The molecule has 1 saturated carbocycles. The van der Waals surface area contributed by atoms with Crippen molar-refractivity contribution in [3.8, 4) is 0 Å². The van der Waals surface area contributed by atoms with Crippen LogP contribution in [0.3, 0.4) is 0 Å². The van der Waals surface area contributed by atoms with Gasteiger partial charge in [-0.05, 0) is 37.1 Å². The fraction of sp³-hybridized carbons (Fsp3) is 0.381. The van der Waals surface area contributed by atoms with E-state index in [0.29, 0.717) is 24.2 Å². The van der Waals surface area contributed by atoms with E-state index in [1.165, 1.54) is 6.20 Å². The molecule has 0 atom stereocenters. The molecular weight excluding hydrogens is 370 g/mol. The molecule has 2 fully saturated rings. The quantitative estimate of drug-likeness (QED) is 0.620. The van der Waals surface area contributed by atoms with Gasteiger partial charge in [-0.1, -0.05) is 19.3 Å². The maximum atomic E-state index is 12.8. The zero-order chi connectivity index (χ0) is 20.4. The summed E-state index contributed by atoms with van der Waals surface area (Å²) in [5.41, 5.74) is 0.416. The molecule has 1 spiro atoms. The highest BCUT2D eigenvalue weighted by atomic mass is 16.2.